The van der Waals surface area contributed by atoms with Gasteiger partial charge in [-0.15, -0.1) is 0 Å². The summed E-state index contributed by atoms with van der Waals surface area (Å²) in [6.07, 6.45) is 10.9. The van der Waals surface area contributed by atoms with Gasteiger partial charge in [-0.25, -0.2) is 4.98 Å². The van der Waals surface area contributed by atoms with Gasteiger partial charge in [0.1, 0.15) is 0 Å². The van der Waals surface area contributed by atoms with Gasteiger partial charge in [-0.05, 0) is 25.0 Å². The third-order valence-electron chi connectivity index (χ3n) is 4.71. The van der Waals surface area contributed by atoms with Gasteiger partial charge in [-0.3, -0.25) is 9.78 Å². The molecule has 0 atom stereocenters. The van der Waals surface area contributed by atoms with Crippen molar-refractivity contribution in [3.8, 4) is 11.5 Å². The fourth-order valence-electron chi connectivity index (χ4n) is 3.20. The molecule has 0 spiro atoms. The second-order valence-corrected chi connectivity index (χ2v) is 6.40. The molecule has 3 aromatic heterocycles. The number of hydrogen-bond acceptors (Lipinski definition) is 6. The first-order valence-corrected chi connectivity index (χ1v) is 8.77. The van der Waals surface area contributed by atoms with Crippen LogP contribution < -0.4 is 0 Å². The van der Waals surface area contributed by atoms with Gasteiger partial charge in [-0.1, -0.05) is 5.16 Å². The van der Waals surface area contributed by atoms with Crippen LogP contribution in [0.25, 0.3) is 11.5 Å². The number of carbonyl (C=O) groups is 1. The molecule has 0 N–H and O–H groups in total. The molecule has 0 saturated carbocycles. The summed E-state index contributed by atoms with van der Waals surface area (Å²) in [7, 11) is 0. The maximum Gasteiger partial charge on any atom is 0.259 e. The van der Waals surface area contributed by atoms with E-state index in [2.05, 4.69) is 20.1 Å². The molecule has 0 aromatic carbocycles. The molecule has 0 unspecified atom stereocenters. The van der Waals surface area contributed by atoms with Crippen LogP contribution in [0.5, 0.6) is 0 Å². The summed E-state index contributed by atoms with van der Waals surface area (Å²) in [6.45, 7) is 2.12. The highest BCUT2D eigenvalue weighted by Gasteiger charge is 2.27. The normalized spacial score (nSPS) is 15.3. The Morgan fingerprint density at radius 3 is 2.85 bits per heavy atom. The minimum Gasteiger partial charge on any atom is -0.343 e. The topological polar surface area (TPSA) is 89.9 Å². The van der Waals surface area contributed by atoms with Crippen LogP contribution in [0.1, 0.15) is 31.0 Å². The van der Waals surface area contributed by atoms with E-state index in [0.29, 0.717) is 18.9 Å². The highest BCUT2D eigenvalue weighted by Crippen LogP contribution is 2.28. The molecule has 8 nitrogen and oxygen atoms in total. The predicted octanol–water partition coefficient (Wildman–Crippen LogP) is 2.12. The van der Waals surface area contributed by atoms with E-state index in [0.717, 1.165) is 37.3 Å². The van der Waals surface area contributed by atoms with E-state index in [9.17, 15) is 4.79 Å². The van der Waals surface area contributed by atoms with E-state index in [1.165, 1.54) is 0 Å². The average Bonchev–Trinajstić information content (AvgIpc) is 3.39. The lowest BCUT2D eigenvalue weighted by Crippen LogP contribution is -2.38. The van der Waals surface area contributed by atoms with E-state index in [1.54, 1.807) is 24.9 Å². The maximum absolute atomic E-state index is 12.4. The number of nitrogens with zero attached hydrogens (tertiary/aromatic N) is 6. The standard InChI is InChI=1S/C18H20N6O2/c25-16(5-8-23-11-7-20-13-23)24-9-3-14(4-10-24)17-21-18(26-22-17)15-2-1-6-19-12-15/h1-2,6-7,11-14H,3-5,8-10H2. The first-order valence-electron chi connectivity index (χ1n) is 8.77. The van der Waals surface area contributed by atoms with Crippen molar-refractivity contribution in [1.29, 1.82) is 0 Å². The van der Waals surface area contributed by atoms with Crippen molar-refractivity contribution >= 4 is 5.91 Å². The summed E-state index contributed by atoms with van der Waals surface area (Å²) >= 11 is 0. The summed E-state index contributed by atoms with van der Waals surface area (Å²) < 4.78 is 7.29. The minimum atomic E-state index is 0.182. The number of pyridine rings is 1. The monoisotopic (exact) mass is 352 g/mol. The van der Waals surface area contributed by atoms with Crippen LogP contribution in [0.3, 0.4) is 0 Å². The summed E-state index contributed by atoms with van der Waals surface area (Å²) in [5, 5.41) is 4.13. The van der Waals surface area contributed by atoms with E-state index in [1.807, 2.05) is 27.8 Å². The summed E-state index contributed by atoms with van der Waals surface area (Å²) in [4.78, 5) is 26.9. The number of hydrogen-bond donors (Lipinski definition) is 0. The molecule has 134 valence electrons. The molecular weight excluding hydrogens is 332 g/mol. The van der Waals surface area contributed by atoms with Crippen molar-refractivity contribution in [2.75, 3.05) is 13.1 Å². The Morgan fingerprint density at radius 1 is 1.23 bits per heavy atom. The number of aryl methyl sites for hydroxylation is 1. The zero-order chi connectivity index (χ0) is 17.8. The Kier molecular flexibility index (Phi) is 4.72. The van der Waals surface area contributed by atoms with Crippen LogP contribution >= 0.6 is 0 Å². The predicted molar refractivity (Wildman–Crippen MR) is 92.9 cm³/mol. The molecule has 8 heteroatoms. The molecule has 26 heavy (non-hydrogen) atoms. The van der Waals surface area contributed by atoms with Crippen molar-refractivity contribution in [2.24, 2.45) is 0 Å². The second kappa shape index (κ2) is 7.47. The molecule has 4 heterocycles. The molecule has 0 aliphatic carbocycles. The van der Waals surface area contributed by atoms with E-state index >= 15 is 0 Å². The lowest BCUT2D eigenvalue weighted by Gasteiger charge is -2.30. The quantitative estimate of drug-likeness (QED) is 0.699. The maximum atomic E-state index is 12.4. The zero-order valence-corrected chi connectivity index (χ0v) is 14.4. The summed E-state index contributed by atoms with van der Waals surface area (Å²) in [5.74, 6) is 1.62. The largest absolute Gasteiger partial charge is 0.343 e. The van der Waals surface area contributed by atoms with Crippen molar-refractivity contribution < 1.29 is 9.32 Å². The first kappa shape index (κ1) is 16.4. The Balaban J connectivity index is 1.31. The molecule has 1 aliphatic rings. The van der Waals surface area contributed by atoms with Crippen LogP contribution in [-0.4, -0.2) is 48.6 Å². The Morgan fingerprint density at radius 2 is 2.12 bits per heavy atom. The molecule has 1 aliphatic heterocycles. The molecular formula is C18H20N6O2. The molecule has 1 fully saturated rings. The number of carbonyl (C=O) groups excluding carboxylic acids is 1. The highest BCUT2D eigenvalue weighted by atomic mass is 16.5. The van der Waals surface area contributed by atoms with E-state index in [4.69, 9.17) is 4.52 Å². The zero-order valence-electron chi connectivity index (χ0n) is 14.4. The highest BCUT2D eigenvalue weighted by molar-refractivity contribution is 5.76. The number of rotatable bonds is 5. The number of piperidine rings is 1. The Labute approximate surface area is 150 Å². The number of aromatic nitrogens is 5. The van der Waals surface area contributed by atoms with Gasteiger partial charge in [0, 0.05) is 56.8 Å². The van der Waals surface area contributed by atoms with Gasteiger partial charge in [0.25, 0.3) is 5.89 Å². The number of imidazole rings is 1. The molecule has 1 saturated heterocycles. The molecule has 3 aromatic rings. The van der Waals surface area contributed by atoms with Gasteiger partial charge in [0.05, 0.1) is 11.9 Å². The van der Waals surface area contributed by atoms with Crippen molar-refractivity contribution in [3.63, 3.8) is 0 Å². The average molecular weight is 352 g/mol. The van der Waals surface area contributed by atoms with Crippen molar-refractivity contribution in [2.45, 2.75) is 31.7 Å². The second-order valence-electron chi connectivity index (χ2n) is 6.40. The lowest BCUT2D eigenvalue weighted by molar-refractivity contribution is -0.132. The van der Waals surface area contributed by atoms with Crippen LogP contribution in [0, 0.1) is 0 Å². The lowest BCUT2D eigenvalue weighted by atomic mass is 9.96. The van der Waals surface area contributed by atoms with Crippen LogP contribution in [0.15, 0.2) is 47.8 Å². The molecule has 1 amide bonds. The Hall–Kier alpha value is -3.03. The molecule has 4 rings (SSSR count). The van der Waals surface area contributed by atoms with Crippen LogP contribution in [0.4, 0.5) is 0 Å². The molecule has 0 radical (unpaired) electrons. The smallest absolute Gasteiger partial charge is 0.259 e. The summed E-state index contributed by atoms with van der Waals surface area (Å²) in [5.41, 5.74) is 0.818. The minimum absolute atomic E-state index is 0.182. The van der Waals surface area contributed by atoms with Crippen LogP contribution in [-0.2, 0) is 11.3 Å². The van der Waals surface area contributed by atoms with E-state index in [-0.39, 0.29) is 11.8 Å². The van der Waals surface area contributed by atoms with Gasteiger partial charge in [0.2, 0.25) is 5.91 Å². The third-order valence-corrected chi connectivity index (χ3v) is 4.71. The van der Waals surface area contributed by atoms with Gasteiger partial charge in [-0.2, -0.15) is 4.98 Å². The summed E-state index contributed by atoms with van der Waals surface area (Å²) in [6, 6.07) is 3.74. The van der Waals surface area contributed by atoms with Crippen LogP contribution in [0.2, 0.25) is 0 Å². The Bertz CT molecular complexity index is 838. The molecule has 0 bridgehead atoms. The van der Waals surface area contributed by atoms with E-state index < -0.39 is 0 Å². The van der Waals surface area contributed by atoms with Gasteiger partial charge >= 0.3 is 0 Å². The SMILES string of the molecule is O=C(CCn1ccnc1)N1CCC(c2noc(-c3cccnc3)n2)CC1. The third kappa shape index (κ3) is 3.63. The number of likely N-dealkylation sites (tertiary alicyclic amines) is 1. The van der Waals surface area contributed by atoms with Crippen molar-refractivity contribution in [1.82, 2.24) is 29.6 Å². The van der Waals surface area contributed by atoms with Crippen molar-refractivity contribution in [3.05, 3.63) is 49.1 Å². The number of amides is 1. The fraction of sp³-hybridized carbons (Fsp3) is 0.389. The fourth-order valence-corrected chi connectivity index (χ4v) is 3.20. The first-order chi connectivity index (χ1) is 12.8. The van der Waals surface area contributed by atoms with Gasteiger partial charge < -0.3 is 14.0 Å². The van der Waals surface area contributed by atoms with Gasteiger partial charge in [0.15, 0.2) is 5.82 Å².